The zero-order chi connectivity index (χ0) is 9.97. The van der Waals surface area contributed by atoms with E-state index in [4.69, 9.17) is 0 Å². The van der Waals surface area contributed by atoms with Crippen LogP contribution in [-0.2, 0) is 0 Å². The van der Waals surface area contributed by atoms with E-state index in [0.717, 1.165) is 5.69 Å². The minimum absolute atomic E-state index is 0.0376. The van der Waals surface area contributed by atoms with Crippen molar-refractivity contribution in [2.75, 3.05) is 0 Å². The third-order valence-electron chi connectivity index (χ3n) is 2.08. The Morgan fingerprint density at radius 3 is 2.57 bits per heavy atom. The van der Waals surface area contributed by atoms with Gasteiger partial charge in [-0.3, -0.25) is 4.79 Å². The fourth-order valence-corrected chi connectivity index (χ4v) is 1.31. The number of hydrogen-bond donors (Lipinski definition) is 1. The second-order valence-electron chi connectivity index (χ2n) is 3.07. The lowest BCUT2D eigenvalue weighted by molar-refractivity contribution is 0.103. The molecular weight excluding hydrogens is 176 g/mol. The van der Waals surface area contributed by atoms with E-state index in [-0.39, 0.29) is 5.78 Å². The van der Waals surface area contributed by atoms with E-state index < -0.39 is 0 Å². The Kier molecular flexibility index (Phi) is 2.14. The summed E-state index contributed by atoms with van der Waals surface area (Å²) in [6.45, 7) is 1.84. The Hall–Kier alpha value is -1.90. The van der Waals surface area contributed by atoms with Crippen LogP contribution in [0.25, 0.3) is 0 Å². The Morgan fingerprint density at radius 2 is 2.00 bits per heavy atom. The summed E-state index contributed by atoms with van der Waals surface area (Å²) < 4.78 is 0. The fraction of sp³-hybridized carbons (Fsp3) is 0.0909. The summed E-state index contributed by atoms with van der Waals surface area (Å²) in [5.74, 6) is -0.0376. The summed E-state index contributed by atoms with van der Waals surface area (Å²) >= 11 is 0. The van der Waals surface area contributed by atoms with E-state index in [0.29, 0.717) is 11.3 Å². The molecule has 2 aromatic rings. The number of aromatic nitrogens is 2. The number of ketones is 1. The predicted molar refractivity (Wildman–Crippen MR) is 53.2 cm³/mol. The highest BCUT2D eigenvalue weighted by molar-refractivity contribution is 6.08. The molecule has 3 nitrogen and oxygen atoms in total. The van der Waals surface area contributed by atoms with Crippen LogP contribution in [-0.4, -0.2) is 15.8 Å². The molecule has 0 bridgehead atoms. The van der Waals surface area contributed by atoms with Crippen LogP contribution in [0.1, 0.15) is 21.7 Å². The van der Waals surface area contributed by atoms with Gasteiger partial charge >= 0.3 is 0 Å². The maximum Gasteiger partial charge on any atom is 0.213 e. The number of carbonyl (C=O) groups is 1. The van der Waals surface area contributed by atoms with E-state index >= 15 is 0 Å². The molecule has 0 aliphatic carbocycles. The number of imidazole rings is 1. The average Bonchev–Trinajstić information content (AvgIpc) is 2.65. The van der Waals surface area contributed by atoms with Gasteiger partial charge in [0.2, 0.25) is 5.78 Å². The second kappa shape index (κ2) is 3.46. The van der Waals surface area contributed by atoms with Gasteiger partial charge in [-0.05, 0) is 6.92 Å². The SMILES string of the molecule is Cc1[nH]cnc1C(=O)c1ccccc1. The summed E-state index contributed by atoms with van der Waals surface area (Å²) in [7, 11) is 0. The van der Waals surface area contributed by atoms with Gasteiger partial charge in [-0.1, -0.05) is 30.3 Å². The van der Waals surface area contributed by atoms with Crippen LogP contribution in [0.15, 0.2) is 36.7 Å². The zero-order valence-electron chi connectivity index (χ0n) is 7.82. The van der Waals surface area contributed by atoms with Gasteiger partial charge in [0, 0.05) is 11.3 Å². The molecule has 0 unspecified atom stereocenters. The molecule has 1 heterocycles. The molecule has 0 aliphatic heterocycles. The molecule has 0 amide bonds. The molecule has 0 spiro atoms. The first-order valence-electron chi connectivity index (χ1n) is 4.39. The zero-order valence-corrected chi connectivity index (χ0v) is 7.82. The third-order valence-corrected chi connectivity index (χ3v) is 2.08. The highest BCUT2D eigenvalue weighted by atomic mass is 16.1. The maximum atomic E-state index is 11.8. The lowest BCUT2D eigenvalue weighted by Crippen LogP contribution is -2.03. The van der Waals surface area contributed by atoms with Crippen molar-refractivity contribution in [2.45, 2.75) is 6.92 Å². The van der Waals surface area contributed by atoms with Crippen molar-refractivity contribution >= 4 is 5.78 Å². The number of hydrogen-bond acceptors (Lipinski definition) is 2. The molecule has 14 heavy (non-hydrogen) atoms. The van der Waals surface area contributed by atoms with Gasteiger partial charge in [0.05, 0.1) is 6.33 Å². The minimum Gasteiger partial charge on any atom is -0.348 e. The number of rotatable bonds is 2. The van der Waals surface area contributed by atoms with E-state index in [1.165, 1.54) is 6.33 Å². The highest BCUT2D eigenvalue weighted by Crippen LogP contribution is 2.09. The minimum atomic E-state index is -0.0376. The number of nitrogens with one attached hydrogen (secondary N) is 1. The summed E-state index contributed by atoms with van der Waals surface area (Å²) in [5.41, 5.74) is 1.97. The molecule has 1 aromatic heterocycles. The molecule has 1 N–H and O–H groups in total. The first-order valence-corrected chi connectivity index (χ1v) is 4.39. The second-order valence-corrected chi connectivity index (χ2v) is 3.07. The summed E-state index contributed by atoms with van der Waals surface area (Å²) in [5, 5.41) is 0. The summed E-state index contributed by atoms with van der Waals surface area (Å²) in [6, 6.07) is 9.14. The smallest absolute Gasteiger partial charge is 0.213 e. The molecule has 0 radical (unpaired) electrons. The largest absolute Gasteiger partial charge is 0.348 e. The van der Waals surface area contributed by atoms with Crippen LogP contribution in [0.4, 0.5) is 0 Å². The molecule has 3 heteroatoms. The Morgan fingerprint density at radius 1 is 1.29 bits per heavy atom. The van der Waals surface area contributed by atoms with E-state index in [9.17, 15) is 4.79 Å². The Bertz CT molecular complexity index is 445. The van der Waals surface area contributed by atoms with Gasteiger partial charge in [0.15, 0.2) is 0 Å². The van der Waals surface area contributed by atoms with Crippen LogP contribution in [0, 0.1) is 6.92 Å². The highest BCUT2D eigenvalue weighted by Gasteiger charge is 2.12. The van der Waals surface area contributed by atoms with Gasteiger partial charge < -0.3 is 4.98 Å². The van der Waals surface area contributed by atoms with Gasteiger partial charge in [0.25, 0.3) is 0 Å². The van der Waals surface area contributed by atoms with Crippen molar-refractivity contribution in [1.82, 2.24) is 9.97 Å². The third kappa shape index (κ3) is 1.44. The van der Waals surface area contributed by atoms with Gasteiger partial charge in [-0.2, -0.15) is 0 Å². The van der Waals surface area contributed by atoms with Gasteiger partial charge in [-0.15, -0.1) is 0 Å². The fourth-order valence-electron chi connectivity index (χ4n) is 1.31. The Balaban J connectivity index is 2.39. The first-order chi connectivity index (χ1) is 6.79. The molecular formula is C11H10N2O. The molecule has 0 fully saturated rings. The number of carbonyl (C=O) groups excluding carboxylic acids is 1. The first kappa shape index (κ1) is 8.69. The molecule has 0 saturated carbocycles. The normalized spacial score (nSPS) is 10.1. The van der Waals surface area contributed by atoms with Gasteiger partial charge in [0.1, 0.15) is 5.69 Å². The summed E-state index contributed by atoms with van der Waals surface area (Å²) in [4.78, 5) is 18.7. The number of H-pyrrole nitrogens is 1. The number of nitrogens with zero attached hydrogens (tertiary/aromatic N) is 1. The monoisotopic (exact) mass is 186 g/mol. The van der Waals surface area contributed by atoms with Crippen molar-refractivity contribution in [1.29, 1.82) is 0 Å². The molecule has 0 saturated heterocycles. The molecule has 1 aromatic carbocycles. The van der Waals surface area contributed by atoms with E-state index in [1.54, 1.807) is 12.1 Å². The number of aromatic amines is 1. The average molecular weight is 186 g/mol. The van der Waals surface area contributed by atoms with E-state index in [2.05, 4.69) is 9.97 Å². The maximum absolute atomic E-state index is 11.8. The van der Waals surface area contributed by atoms with Crippen molar-refractivity contribution in [2.24, 2.45) is 0 Å². The van der Waals surface area contributed by atoms with Crippen molar-refractivity contribution in [3.63, 3.8) is 0 Å². The predicted octanol–water partition coefficient (Wildman–Crippen LogP) is 1.95. The summed E-state index contributed by atoms with van der Waals surface area (Å²) in [6.07, 6.45) is 1.53. The molecule has 0 aliphatic rings. The van der Waals surface area contributed by atoms with Crippen LogP contribution < -0.4 is 0 Å². The Labute approximate surface area is 81.8 Å². The van der Waals surface area contributed by atoms with Crippen molar-refractivity contribution in [3.8, 4) is 0 Å². The van der Waals surface area contributed by atoms with Crippen molar-refractivity contribution < 1.29 is 4.79 Å². The topological polar surface area (TPSA) is 45.8 Å². The molecule has 70 valence electrons. The molecule has 0 atom stereocenters. The van der Waals surface area contributed by atoms with Crippen molar-refractivity contribution in [3.05, 3.63) is 53.6 Å². The van der Waals surface area contributed by atoms with Crippen LogP contribution in [0.5, 0.6) is 0 Å². The van der Waals surface area contributed by atoms with E-state index in [1.807, 2.05) is 25.1 Å². The van der Waals surface area contributed by atoms with Crippen LogP contribution in [0.3, 0.4) is 0 Å². The molecule has 2 rings (SSSR count). The van der Waals surface area contributed by atoms with Crippen LogP contribution >= 0.6 is 0 Å². The standard InChI is InChI=1S/C11H10N2O/c1-8-10(13-7-12-8)11(14)9-5-3-2-4-6-9/h2-7H,1H3,(H,12,13). The van der Waals surface area contributed by atoms with Crippen LogP contribution in [0.2, 0.25) is 0 Å². The number of aryl methyl sites for hydroxylation is 1. The lowest BCUT2D eigenvalue weighted by Gasteiger charge is -1.97. The van der Waals surface area contributed by atoms with Gasteiger partial charge in [-0.25, -0.2) is 4.98 Å². The lowest BCUT2D eigenvalue weighted by atomic mass is 10.1. The number of benzene rings is 1. The quantitative estimate of drug-likeness (QED) is 0.728.